The smallest absolute Gasteiger partial charge is 0.307 e. The Kier molecular flexibility index (Phi) is 57.7. The van der Waals surface area contributed by atoms with Crippen molar-refractivity contribution in [3.8, 4) is 0 Å². The Labute approximate surface area is 466 Å². The molecule has 19 heteroatoms. The molecule has 0 saturated carbocycles. The van der Waals surface area contributed by atoms with E-state index in [4.69, 9.17) is 28.4 Å². The van der Waals surface area contributed by atoms with E-state index < -0.39 is 17.9 Å². The van der Waals surface area contributed by atoms with Crippen molar-refractivity contribution in [2.24, 2.45) is 0 Å². The molecule has 0 aromatic rings. The van der Waals surface area contributed by atoms with Gasteiger partial charge in [0.2, 0.25) is 0 Å². The normalized spacial score (nSPS) is 11.2. The molecule has 0 unspecified atom stereocenters. The summed E-state index contributed by atoms with van der Waals surface area (Å²) in [6.45, 7) is 6.92. The van der Waals surface area contributed by atoms with Crippen LogP contribution in [0.1, 0.15) is 213 Å². The molecule has 0 spiro atoms. The van der Waals surface area contributed by atoms with Crippen LogP contribution in [-0.4, -0.2) is 135 Å². The standard InChI is InChI=1S/C54H99NO12S6/c1-4-7-10-13-16-19-22-25-43-68-71-46-31-52(59)65-40-37-62-49(56)28-34-55(35-29-50(57)63-38-41-66-53(60)32-47-72-69-44-26-23-20-17-14-11-8-5-2)36-30-51(58)64-39-42-67-54(61)33-48-73-70-45-27-24-21-18-15-12-9-6-3/h4-48H2,1-3H3. The van der Waals surface area contributed by atoms with Gasteiger partial charge in [0.25, 0.3) is 0 Å². The molecule has 0 aromatic heterocycles. The van der Waals surface area contributed by atoms with Crippen LogP contribution in [-0.2, 0) is 57.2 Å². The maximum atomic E-state index is 12.6. The first-order chi connectivity index (χ1) is 35.7. The third kappa shape index (κ3) is 56.9. The number of carbonyl (C=O) groups is 6. The molecule has 0 aliphatic heterocycles. The second kappa shape index (κ2) is 58.6. The Balaban J connectivity index is 4.51. The van der Waals surface area contributed by atoms with Crippen molar-refractivity contribution >= 4 is 101 Å². The second-order valence-electron chi connectivity index (χ2n) is 18.0. The number of unbranched alkanes of at least 4 members (excludes halogenated alkanes) is 21. The average molecular weight is 1150 g/mol. The third-order valence-corrected chi connectivity index (χ3v) is 18.9. The van der Waals surface area contributed by atoms with Gasteiger partial charge in [0, 0.05) is 54.2 Å². The van der Waals surface area contributed by atoms with E-state index in [-0.39, 0.29) is 116 Å². The summed E-state index contributed by atoms with van der Waals surface area (Å²) in [5, 5.41) is 0. The number of rotatable bonds is 57. The Hall–Kier alpha value is -1.12. The molecule has 73 heavy (non-hydrogen) atoms. The zero-order chi connectivity index (χ0) is 53.3. The molecule has 0 aliphatic carbocycles. The van der Waals surface area contributed by atoms with E-state index in [0.29, 0.717) is 17.3 Å². The van der Waals surface area contributed by atoms with E-state index >= 15 is 0 Å². The second-order valence-corrected chi connectivity index (χ2v) is 26.1. The number of nitrogens with zero attached hydrogens (tertiary/aromatic N) is 1. The highest BCUT2D eigenvalue weighted by Crippen LogP contribution is 2.26. The fraction of sp³-hybridized carbons (Fsp3) is 0.889. The number of hydrogen-bond acceptors (Lipinski definition) is 19. The Bertz CT molecular complexity index is 1170. The number of ether oxygens (including phenoxy) is 6. The lowest BCUT2D eigenvalue weighted by molar-refractivity contribution is -0.153. The molecule has 0 saturated heterocycles. The van der Waals surface area contributed by atoms with Gasteiger partial charge in [-0.1, -0.05) is 220 Å². The van der Waals surface area contributed by atoms with Crippen LogP contribution in [0.5, 0.6) is 0 Å². The van der Waals surface area contributed by atoms with Crippen LogP contribution in [0.2, 0.25) is 0 Å². The Morgan fingerprint density at radius 2 is 0.452 bits per heavy atom. The molecule has 0 fully saturated rings. The monoisotopic (exact) mass is 1150 g/mol. The van der Waals surface area contributed by atoms with Gasteiger partial charge >= 0.3 is 35.8 Å². The van der Waals surface area contributed by atoms with Gasteiger partial charge in [0.05, 0.1) is 38.5 Å². The van der Waals surface area contributed by atoms with Gasteiger partial charge in [-0.15, -0.1) is 0 Å². The van der Waals surface area contributed by atoms with Gasteiger partial charge < -0.3 is 33.3 Å². The Morgan fingerprint density at radius 1 is 0.260 bits per heavy atom. The minimum Gasteiger partial charge on any atom is -0.462 e. The van der Waals surface area contributed by atoms with E-state index in [1.165, 1.54) is 154 Å². The summed E-state index contributed by atoms with van der Waals surface area (Å²) in [4.78, 5) is 76.2. The third-order valence-electron chi connectivity index (χ3n) is 11.4. The molecule has 0 bridgehead atoms. The van der Waals surface area contributed by atoms with Gasteiger partial charge in [-0.2, -0.15) is 0 Å². The highest BCUT2D eigenvalue weighted by molar-refractivity contribution is 8.77. The molecule has 0 heterocycles. The molecular weight excluding hydrogens is 1050 g/mol. The van der Waals surface area contributed by atoms with Crippen molar-refractivity contribution < 1.29 is 57.2 Å². The van der Waals surface area contributed by atoms with Gasteiger partial charge in [0.15, 0.2) is 0 Å². The molecule has 0 atom stereocenters. The number of esters is 6. The molecule has 428 valence electrons. The minimum atomic E-state index is -0.510. The fourth-order valence-electron chi connectivity index (χ4n) is 7.06. The summed E-state index contributed by atoms with van der Waals surface area (Å²) in [5.74, 6) is 2.67. The predicted octanol–water partition coefficient (Wildman–Crippen LogP) is 14.5. The first-order valence-electron chi connectivity index (χ1n) is 28.1. The first kappa shape index (κ1) is 71.9. The maximum Gasteiger partial charge on any atom is 0.307 e. The van der Waals surface area contributed by atoms with Gasteiger partial charge in [-0.25, -0.2) is 0 Å². The quantitative estimate of drug-likeness (QED) is 0.0244. The molecule has 0 rings (SSSR count). The highest BCUT2D eigenvalue weighted by Gasteiger charge is 2.16. The van der Waals surface area contributed by atoms with Crippen LogP contribution in [0.15, 0.2) is 0 Å². The maximum absolute atomic E-state index is 12.6. The molecule has 0 radical (unpaired) electrons. The van der Waals surface area contributed by atoms with Crippen LogP contribution in [0.25, 0.3) is 0 Å². The van der Waals surface area contributed by atoms with Crippen LogP contribution in [0, 0.1) is 0 Å². The van der Waals surface area contributed by atoms with E-state index in [0.717, 1.165) is 17.3 Å². The van der Waals surface area contributed by atoms with E-state index in [1.54, 1.807) is 69.7 Å². The lowest BCUT2D eigenvalue weighted by atomic mass is 10.1. The largest absolute Gasteiger partial charge is 0.462 e. The summed E-state index contributed by atoms with van der Waals surface area (Å²) in [6.07, 6.45) is 31.8. The molecular formula is C54H99NO12S6. The minimum absolute atomic E-state index is 0.0252. The zero-order valence-corrected chi connectivity index (χ0v) is 50.5. The number of carbonyl (C=O) groups excluding carboxylic acids is 6. The lowest BCUT2D eigenvalue weighted by Crippen LogP contribution is -2.32. The van der Waals surface area contributed by atoms with E-state index in [2.05, 4.69) is 20.8 Å². The molecule has 0 aromatic carbocycles. The summed E-state index contributed by atoms with van der Waals surface area (Å²) < 4.78 is 31.6. The van der Waals surface area contributed by atoms with E-state index in [1.807, 2.05) is 0 Å². The molecule has 13 nitrogen and oxygen atoms in total. The molecule has 0 amide bonds. The summed E-state index contributed by atoms with van der Waals surface area (Å²) in [6, 6.07) is 0. The van der Waals surface area contributed by atoms with Gasteiger partial charge in [-0.3, -0.25) is 28.8 Å². The van der Waals surface area contributed by atoms with Gasteiger partial charge in [-0.05, 0) is 19.3 Å². The van der Waals surface area contributed by atoms with Crippen LogP contribution >= 0.6 is 64.8 Å². The van der Waals surface area contributed by atoms with E-state index in [9.17, 15) is 28.8 Å². The number of hydrogen-bond donors (Lipinski definition) is 0. The lowest BCUT2D eigenvalue weighted by Gasteiger charge is -2.21. The van der Waals surface area contributed by atoms with Crippen molar-refractivity contribution in [2.45, 2.75) is 213 Å². The van der Waals surface area contributed by atoms with Crippen molar-refractivity contribution in [3.63, 3.8) is 0 Å². The van der Waals surface area contributed by atoms with Crippen LogP contribution in [0.4, 0.5) is 0 Å². The van der Waals surface area contributed by atoms with Crippen molar-refractivity contribution in [1.82, 2.24) is 4.90 Å². The SMILES string of the molecule is CCCCCCCCCCSSCCC(=O)OCCOC(=O)CCN(CCC(=O)OCCOC(=O)CCSSCCCCCCCCCC)CCC(=O)OCCOC(=O)CCSSCCCCCCCCCC. The summed E-state index contributed by atoms with van der Waals surface area (Å²) >= 11 is 0. The molecule has 0 N–H and O–H groups in total. The van der Waals surface area contributed by atoms with Crippen LogP contribution < -0.4 is 0 Å². The zero-order valence-electron chi connectivity index (χ0n) is 45.6. The summed E-state index contributed by atoms with van der Waals surface area (Å²) in [5.41, 5.74) is 0. The van der Waals surface area contributed by atoms with Crippen LogP contribution in [0.3, 0.4) is 0 Å². The van der Waals surface area contributed by atoms with Crippen molar-refractivity contribution in [1.29, 1.82) is 0 Å². The Morgan fingerprint density at radius 3 is 0.685 bits per heavy atom. The topological polar surface area (TPSA) is 161 Å². The summed E-state index contributed by atoms with van der Waals surface area (Å²) in [7, 11) is 10.4. The fourth-order valence-corrected chi connectivity index (χ4v) is 13.4. The predicted molar refractivity (Wildman–Crippen MR) is 312 cm³/mol. The van der Waals surface area contributed by atoms with Gasteiger partial charge in [0.1, 0.15) is 39.6 Å². The molecule has 0 aliphatic rings. The first-order valence-corrected chi connectivity index (χ1v) is 35.6. The van der Waals surface area contributed by atoms with Crippen molar-refractivity contribution in [3.05, 3.63) is 0 Å². The van der Waals surface area contributed by atoms with Crippen molar-refractivity contribution in [2.75, 3.05) is 93.8 Å². The highest BCUT2D eigenvalue weighted by atomic mass is 33.1. The average Bonchev–Trinajstić information content (AvgIpc) is 3.38.